The highest BCUT2D eigenvalue weighted by Crippen LogP contribution is 2.15. The van der Waals surface area contributed by atoms with Gasteiger partial charge in [0, 0.05) is 39.5 Å². The van der Waals surface area contributed by atoms with Crippen molar-refractivity contribution >= 4 is 11.9 Å². The van der Waals surface area contributed by atoms with Gasteiger partial charge >= 0.3 is 0 Å². The van der Waals surface area contributed by atoms with Crippen molar-refractivity contribution < 1.29 is 9.53 Å². The first kappa shape index (κ1) is 13.7. The summed E-state index contributed by atoms with van der Waals surface area (Å²) in [7, 11) is 1.65. The number of aromatic nitrogens is 2. The van der Waals surface area contributed by atoms with Gasteiger partial charge < -0.3 is 15.0 Å². The Morgan fingerprint density at radius 2 is 2.26 bits per heavy atom. The number of amides is 1. The first-order valence-electron chi connectivity index (χ1n) is 6.66. The molecule has 1 saturated heterocycles. The second kappa shape index (κ2) is 7.04. The molecule has 2 rings (SSSR count). The van der Waals surface area contributed by atoms with Crippen molar-refractivity contribution in [1.82, 2.24) is 15.3 Å². The van der Waals surface area contributed by atoms with Crippen molar-refractivity contribution in [2.75, 3.05) is 38.3 Å². The lowest BCUT2D eigenvalue weighted by atomic mass is 10.3. The fourth-order valence-corrected chi connectivity index (χ4v) is 2.05. The summed E-state index contributed by atoms with van der Waals surface area (Å²) in [6, 6.07) is 1.64. The van der Waals surface area contributed by atoms with Gasteiger partial charge in [0.2, 0.25) is 5.95 Å². The Kier molecular flexibility index (Phi) is 5.09. The molecule has 0 atom stereocenters. The van der Waals surface area contributed by atoms with E-state index in [0.717, 1.165) is 32.4 Å². The maximum absolute atomic E-state index is 11.9. The Hall–Kier alpha value is -1.69. The molecule has 19 heavy (non-hydrogen) atoms. The normalized spacial score (nSPS) is 14.7. The third-order valence-corrected chi connectivity index (χ3v) is 3.08. The smallest absolute Gasteiger partial charge is 0.270 e. The molecule has 0 spiro atoms. The van der Waals surface area contributed by atoms with Crippen LogP contribution < -0.4 is 10.2 Å². The molecule has 0 bridgehead atoms. The molecule has 6 heteroatoms. The van der Waals surface area contributed by atoms with Crippen molar-refractivity contribution in [1.29, 1.82) is 0 Å². The van der Waals surface area contributed by atoms with E-state index in [0.29, 0.717) is 24.8 Å². The summed E-state index contributed by atoms with van der Waals surface area (Å²) in [6.07, 6.45) is 4.77. The summed E-state index contributed by atoms with van der Waals surface area (Å²) in [5.74, 6) is 0.501. The Balaban J connectivity index is 1.92. The van der Waals surface area contributed by atoms with E-state index >= 15 is 0 Å². The van der Waals surface area contributed by atoms with E-state index in [-0.39, 0.29) is 5.91 Å². The standard InChI is InChI=1S/C13H20N4O2/c1-19-10-4-6-14-12(18)11-5-7-15-13(16-11)17-8-2-3-9-17/h5,7H,2-4,6,8-10H2,1H3,(H,14,18). The van der Waals surface area contributed by atoms with Gasteiger partial charge in [-0.25, -0.2) is 9.97 Å². The number of rotatable bonds is 6. The number of carbonyl (C=O) groups excluding carboxylic acids is 1. The molecule has 1 amide bonds. The fourth-order valence-electron chi connectivity index (χ4n) is 2.05. The largest absolute Gasteiger partial charge is 0.385 e. The quantitative estimate of drug-likeness (QED) is 0.771. The number of ether oxygens (including phenoxy) is 1. The number of methoxy groups -OCH3 is 1. The molecule has 1 N–H and O–H groups in total. The van der Waals surface area contributed by atoms with Gasteiger partial charge in [0.15, 0.2) is 0 Å². The summed E-state index contributed by atoms with van der Waals surface area (Å²) in [6.45, 7) is 3.18. The lowest BCUT2D eigenvalue weighted by molar-refractivity contribution is 0.0943. The van der Waals surface area contributed by atoms with Crippen LogP contribution in [-0.2, 0) is 4.74 Å². The van der Waals surface area contributed by atoms with Gasteiger partial charge in [-0.05, 0) is 25.3 Å². The van der Waals surface area contributed by atoms with Crippen LogP contribution in [-0.4, -0.2) is 49.2 Å². The lowest BCUT2D eigenvalue weighted by Gasteiger charge is -2.15. The summed E-state index contributed by atoms with van der Waals surface area (Å²) in [5.41, 5.74) is 0.425. The number of anilines is 1. The molecule has 1 aliphatic heterocycles. The van der Waals surface area contributed by atoms with Gasteiger partial charge in [-0.2, -0.15) is 0 Å². The highest BCUT2D eigenvalue weighted by atomic mass is 16.5. The number of carbonyl (C=O) groups is 1. The van der Waals surface area contributed by atoms with Crippen LogP contribution in [0.2, 0.25) is 0 Å². The topological polar surface area (TPSA) is 67.3 Å². The zero-order valence-corrected chi connectivity index (χ0v) is 11.3. The Labute approximate surface area is 113 Å². The number of nitrogens with zero attached hydrogens (tertiary/aromatic N) is 3. The number of hydrogen-bond donors (Lipinski definition) is 1. The molecule has 0 aromatic carbocycles. The van der Waals surface area contributed by atoms with Crippen LogP contribution in [0.15, 0.2) is 12.3 Å². The van der Waals surface area contributed by atoms with Crippen LogP contribution in [0.1, 0.15) is 29.8 Å². The minimum absolute atomic E-state index is 0.154. The molecule has 104 valence electrons. The van der Waals surface area contributed by atoms with Crippen molar-refractivity contribution in [3.63, 3.8) is 0 Å². The Morgan fingerprint density at radius 3 is 3.00 bits per heavy atom. The minimum atomic E-state index is -0.154. The van der Waals surface area contributed by atoms with Crippen molar-refractivity contribution in [3.05, 3.63) is 18.0 Å². The molecule has 0 radical (unpaired) electrons. The SMILES string of the molecule is COCCCNC(=O)c1ccnc(N2CCCC2)n1. The van der Waals surface area contributed by atoms with Crippen molar-refractivity contribution in [2.45, 2.75) is 19.3 Å². The first-order valence-corrected chi connectivity index (χ1v) is 6.66. The predicted octanol–water partition coefficient (Wildman–Crippen LogP) is 0.843. The monoisotopic (exact) mass is 264 g/mol. The van der Waals surface area contributed by atoms with Gasteiger partial charge in [0.25, 0.3) is 5.91 Å². The predicted molar refractivity (Wildman–Crippen MR) is 72.3 cm³/mol. The third kappa shape index (κ3) is 3.89. The second-order valence-electron chi connectivity index (χ2n) is 4.54. The maximum atomic E-state index is 11.9. The van der Waals surface area contributed by atoms with E-state index in [1.807, 2.05) is 0 Å². The fraction of sp³-hybridized carbons (Fsp3) is 0.615. The average molecular weight is 264 g/mol. The summed E-state index contributed by atoms with van der Waals surface area (Å²) in [5, 5.41) is 2.82. The summed E-state index contributed by atoms with van der Waals surface area (Å²) >= 11 is 0. The molecular weight excluding hydrogens is 244 g/mol. The molecule has 2 heterocycles. The van der Waals surface area contributed by atoms with Crippen LogP contribution >= 0.6 is 0 Å². The molecule has 0 aliphatic carbocycles. The van der Waals surface area contributed by atoms with E-state index in [2.05, 4.69) is 20.2 Å². The van der Waals surface area contributed by atoms with Crippen molar-refractivity contribution in [3.8, 4) is 0 Å². The zero-order chi connectivity index (χ0) is 13.5. The molecular formula is C13H20N4O2. The van der Waals surface area contributed by atoms with Crippen molar-refractivity contribution in [2.24, 2.45) is 0 Å². The average Bonchev–Trinajstić information content (AvgIpc) is 2.98. The Bertz CT molecular complexity index is 419. The molecule has 6 nitrogen and oxygen atoms in total. The van der Waals surface area contributed by atoms with Gasteiger partial charge in [0.05, 0.1) is 0 Å². The van der Waals surface area contributed by atoms with Gasteiger partial charge in [0.1, 0.15) is 5.69 Å². The molecule has 0 unspecified atom stereocenters. The highest BCUT2D eigenvalue weighted by Gasteiger charge is 2.16. The van der Waals surface area contributed by atoms with Crippen LogP contribution in [0.5, 0.6) is 0 Å². The number of nitrogens with one attached hydrogen (secondary N) is 1. The third-order valence-electron chi connectivity index (χ3n) is 3.08. The van der Waals surface area contributed by atoms with Crippen LogP contribution in [0.3, 0.4) is 0 Å². The van der Waals surface area contributed by atoms with E-state index in [1.54, 1.807) is 19.4 Å². The number of hydrogen-bond acceptors (Lipinski definition) is 5. The molecule has 1 aromatic heterocycles. The summed E-state index contributed by atoms with van der Waals surface area (Å²) in [4.78, 5) is 22.6. The second-order valence-corrected chi connectivity index (χ2v) is 4.54. The van der Waals surface area contributed by atoms with Gasteiger partial charge in [-0.3, -0.25) is 4.79 Å². The molecule has 0 saturated carbocycles. The van der Waals surface area contributed by atoms with E-state index in [4.69, 9.17) is 4.74 Å². The van der Waals surface area contributed by atoms with Crippen LogP contribution in [0, 0.1) is 0 Å². The van der Waals surface area contributed by atoms with E-state index < -0.39 is 0 Å². The lowest BCUT2D eigenvalue weighted by Crippen LogP contribution is -2.27. The Morgan fingerprint density at radius 1 is 1.47 bits per heavy atom. The van der Waals surface area contributed by atoms with E-state index in [9.17, 15) is 4.79 Å². The van der Waals surface area contributed by atoms with E-state index in [1.165, 1.54) is 0 Å². The molecule has 1 aliphatic rings. The minimum Gasteiger partial charge on any atom is -0.385 e. The molecule has 1 aromatic rings. The van der Waals surface area contributed by atoms with Gasteiger partial charge in [-0.15, -0.1) is 0 Å². The highest BCUT2D eigenvalue weighted by molar-refractivity contribution is 5.92. The zero-order valence-electron chi connectivity index (χ0n) is 11.3. The first-order chi connectivity index (χ1) is 9.31. The summed E-state index contributed by atoms with van der Waals surface area (Å²) < 4.78 is 4.93. The molecule has 1 fully saturated rings. The van der Waals surface area contributed by atoms with Crippen LogP contribution in [0.4, 0.5) is 5.95 Å². The van der Waals surface area contributed by atoms with Crippen LogP contribution in [0.25, 0.3) is 0 Å². The maximum Gasteiger partial charge on any atom is 0.270 e. The van der Waals surface area contributed by atoms with Gasteiger partial charge in [-0.1, -0.05) is 0 Å².